The number of fused-ring (bicyclic) bond motifs is 1. The van der Waals surface area contributed by atoms with Crippen LogP contribution >= 0.6 is 23.1 Å². The van der Waals surface area contributed by atoms with Crippen molar-refractivity contribution in [2.24, 2.45) is 0 Å². The van der Waals surface area contributed by atoms with Crippen LogP contribution in [0.3, 0.4) is 0 Å². The van der Waals surface area contributed by atoms with Gasteiger partial charge in [0.2, 0.25) is 5.91 Å². The Hall–Kier alpha value is -2.90. The number of amides is 1. The summed E-state index contributed by atoms with van der Waals surface area (Å²) in [6.07, 6.45) is 1.55. The SMILES string of the molecule is COc1ccccc1NC(=O)CSc1ncnc2scc(-c3ccccc3)c12. The Balaban J connectivity index is 1.55. The predicted molar refractivity (Wildman–Crippen MR) is 115 cm³/mol. The van der Waals surface area contributed by atoms with Gasteiger partial charge in [0.25, 0.3) is 0 Å². The van der Waals surface area contributed by atoms with E-state index in [4.69, 9.17) is 4.74 Å². The van der Waals surface area contributed by atoms with Gasteiger partial charge in [-0.1, -0.05) is 54.2 Å². The van der Waals surface area contributed by atoms with Crippen molar-refractivity contribution in [3.05, 3.63) is 66.3 Å². The molecule has 4 rings (SSSR count). The standard InChI is InChI=1S/C21H17N3O2S2/c1-26-17-10-6-5-9-16(17)24-18(25)12-28-21-19-15(14-7-3-2-4-8-14)11-27-20(19)22-13-23-21/h2-11,13H,12H2,1H3,(H,24,25). The molecule has 0 saturated carbocycles. The highest BCUT2D eigenvalue weighted by atomic mass is 32.2. The maximum atomic E-state index is 12.5. The highest BCUT2D eigenvalue weighted by Gasteiger charge is 2.15. The van der Waals surface area contributed by atoms with Crippen LogP contribution in [0.4, 0.5) is 5.69 Å². The van der Waals surface area contributed by atoms with Crippen LogP contribution in [0.15, 0.2) is 71.3 Å². The van der Waals surface area contributed by atoms with E-state index >= 15 is 0 Å². The molecule has 0 saturated heterocycles. The van der Waals surface area contributed by atoms with Gasteiger partial charge in [0.15, 0.2) is 0 Å². The van der Waals surface area contributed by atoms with E-state index in [1.807, 2.05) is 42.5 Å². The Morgan fingerprint density at radius 3 is 2.71 bits per heavy atom. The molecule has 1 amide bonds. The minimum absolute atomic E-state index is 0.113. The van der Waals surface area contributed by atoms with Crippen LogP contribution < -0.4 is 10.1 Å². The van der Waals surface area contributed by atoms with E-state index < -0.39 is 0 Å². The molecule has 0 radical (unpaired) electrons. The van der Waals surface area contributed by atoms with E-state index in [0.717, 1.165) is 26.4 Å². The summed E-state index contributed by atoms with van der Waals surface area (Å²) in [7, 11) is 1.58. The molecule has 0 bridgehead atoms. The Kier molecular flexibility index (Phi) is 5.55. The highest BCUT2D eigenvalue weighted by molar-refractivity contribution is 8.00. The number of rotatable bonds is 6. The summed E-state index contributed by atoms with van der Waals surface area (Å²) in [4.78, 5) is 22.2. The minimum Gasteiger partial charge on any atom is -0.495 e. The second-order valence-corrected chi connectivity index (χ2v) is 7.73. The van der Waals surface area contributed by atoms with E-state index in [-0.39, 0.29) is 11.7 Å². The number of aromatic nitrogens is 2. The van der Waals surface area contributed by atoms with Gasteiger partial charge in [-0.25, -0.2) is 9.97 Å². The number of benzene rings is 2. The Labute approximate surface area is 170 Å². The maximum Gasteiger partial charge on any atom is 0.234 e. The lowest BCUT2D eigenvalue weighted by atomic mass is 10.1. The first kappa shape index (κ1) is 18.5. The van der Waals surface area contributed by atoms with Crippen molar-refractivity contribution in [3.8, 4) is 16.9 Å². The Morgan fingerprint density at radius 2 is 1.89 bits per heavy atom. The average Bonchev–Trinajstić information content (AvgIpc) is 3.18. The molecule has 2 aromatic carbocycles. The van der Waals surface area contributed by atoms with Crippen LogP contribution in [0.2, 0.25) is 0 Å². The number of ether oxygens (including phenoxy) is 1. The molecular weight excluding hydrogens is 390 g/mol. The molecule has 0 unspecified atom stereocenters. The molecule has 0 aliphatic carbocycles. The number of methoxy groups -OCH3 is 1. The number of para-hydroxylation sites is 2. The van der Waals surface area contributed by atoms with Crippen molar-refractivity contribution in [3.63, 3.8) is 0 Å². The third-order valence-corrected chi connectivity index (χ3v) is 6.02. The molecule has 7 heteroatoms. The number of nitrogens with zero attached hydrogens (tertiary/aromatic N) is 2. The monoisotopic (exact) mass is 407 g/mol. The average molecular weight is 408 g/mol. The smallest absolute Gasteiger partial charge is 0.234 e. The number of thiophene rings is 1. The van der Waals surface area contributed by atoms with Crippen LogP contribution in [0.5, 0.6) is 5.75 Å². The van der Waals surface area contributed by atoms with Crippen LogP contribution in [0.1, 0.15) is 0 Å². The topological polar surface area (TPSA) is 64.1 Å². The van der Waals surface area contributed by atoms with Gasteiger partial charge in [-0.2, -0.15) is 0 Å². The molecule has 0 aliphatic heterocycles. The van der Waals surface area contributed by atoms with Crippen LogP contribution in [-0.2, 0) is 4.79 Å². The summed E-state index contributed by atoms with van der Waals surface area (Å²) in [6, 6.07) is 17.5. The first-order chi connectivity index (χ1) is 13.8. The van der Waals surface area contributed by atoms with Gasteiger partial charge in [-0.3, -0.25) is 4.79 Å². The lowest BCUT2D eigenvalue weighted by Crippen LogP contribution is -2.14. The molecule has 0 aliphatic rings. The van der Waals surface area contributed by atoms with Crippen molar-refractivity contribution >= 4 is 44.9 Å². The Morgan fingerprint density at radius 1 is 1.11 bits per heavy atom. The van der Waals surface area contributed by atoms with E-state index in [0.29, 0.717) is 11.4 Å². The number of hydrogen-bond donors (Lipinski definition) is 1. The fraction of sp³-hybridized carbons (Fsp3) is 0.0952. The molecular formula is C21H17N3O2S2. The molecule has 5 nitrogen and oxygen atoms in total. The summed E-state index contributed by atoms with van der Waals surface area (Å²) in [5.74, 6) is 0.765. The zero-order chi connectivity index (χ0) is 19.3. The van der Waals surface area contributed by atoms with E-state index in [9.17, 15) is 4.79 Å². The first-order valence-corrected chi connectivity index (χ1v) is 10.5. The molecule has 4 aromatic rings. The summed E-state index contributed by atoms with van der Waals surface area (Å²) in [6.45, 7) is 0. The zero-order valence-corrected chi connectivity index (χ0v) is 16.7. The van der Waals surface area contributed by atoms with E-state index in [2.05, 4.69) is 32.8 Å². The number of anilines is 1. The summed E-state index contributed by atoms with van der Waals surface area (Å²) in [5, 5.41) is 6.79. The van der Waals surface area contributed by atoms with Crippen molar-refractivity contribution < 1.29 is 9.53 Å². The van der Waals surface area contributed by atoms with E-state index in [1.165, 1.54) is 11.8 Å². The van der Waals surface area contributed by atoms with Gasteiger partial charge >= 0.3 is 0 Å². The third-order valence-electron chi connectivity index (χ3n) is 4.14. The maximum absolute atomic E-state index is 12.5. The molecule has 140 valence electrons. The van der Waals surface area contributed by atoms with Gasteiger partial charge in [0.05, 0.1) is 23.9 Å². The molecule has 2 aromatic heterocycles. The fourth-order valence-corrected chi connectivity index (χ4v) is 4.65. The number of carbonyl (C=O) groups excluding carboxylic acids is 1. The zero-order valence-electron chi connectivity index (χ0n) is 15.1. The largest absolute Gasteiger partial charge is 0.495 e. The van der Waals surface area contributed by atoms with Crippen molar-refractivity contribution in [2.45, 2.75) is 5.03 Å². The minimum atomic E-state index is -0.113. The van der Waals surface area contributed by atoms with Gasteiger partial charge in [0.1, 0.15) is 21.9 Å². The molecule has 0 atom stereocenters. The van der Waals surface area contributed by atoms with Crippen molar-refractivity contribution in [1.82, 2.24) is 9.97 Å². The third kappa shape index (κ3) is 3.85. The van der Waals surface area contributed by atoms with Crippen molar-refractivity contribution in [2.75, 3.05) is 18.2 Å². The first-order valence-electron chi connectivity index (χ1n) is 8.59. The van der Waals surface area contributed by atoms with Crippen LogP contribution in [0, 0.1) is 0 Å². The second-order valence-electron chi connectivity index (χ2n) is 5.91. The quantitative estimate of drug-likeness (QED) is 0.356. The normalized spacial score (nSPS) is 10.8. The second kappa shape index (κ2) is 8.41. The predicted octanol–water partition coefficient (Wildman–Crippen LogP) is 5.10. The molecule has 0 fully saturated rings. The van der Waals surface area contributed by atoms with Crippen molar-refractivity contribution in [1.29, 1.82) is 0 Å². The molecule has 28 heavy (non-hydrogen) atoms. The van der Waals surface area contributed by atoms with E-state index in [1.54, 1.807) is 24.8 Å². The van der Waals surface area contributed by atoms with Gasteiger partial charge < -0.3 is 10.1 Å². The Bertz CT molecular complexity index is 1110. The van der Waals surface area contributed by atoms with Gasteiger partial charge in [-0.05, 0) is 17.7 Å². The lowest BCUT2D eigenvalue weighted by molar-refractivity contribution is -0.113. The summed E-state index contributed by atoms with van der Waals surface area (Å²) < 4.78 is 5.28. The summed E-state index contributed by atoms with van der Waals surface area (Å²) >= 11 is 2.99. The number of carbonyl (C=O) groups is 1. The molecule has 1 N–H and O–H groups in total. The molecule has 0 spiro atoms. The van der Waals surface area contributed by atoms with Crippen LogP contribution in [-0.4, -0.2) is 28.7 Å². The number of thioether (sulfide) groups is 1. The highest BCUT2D eigenvalue weighted by Crippen LogP contribution is 2.37. The summed E-state index contributed by atoms with van der Waals surface area (Å²) in [5.41, 5.74) is 2.86. The van der Waals surface area contributed by atoms with Crippen LogP contribution in [0.25, 0.3) is 21.3 Å². The number of nitrogens with one attached hydrogen (secondary N) is 1. The van der Waals surface area contributed by atoms with Gasteiger partial charge in [-0.15, -0.1) is 11.3 Å². The van der Waals surface area contributed by atoms with Gasteiger partial charge in [0, 0.05) is 10.9 Å². The lowest BCUT2D eigenvalue weighted by Gasteiger charge is -2.10. The number of hydrogen-bond acceptors (Lipinski definition) is 6. The molecule has 2 heterocycles. The fourth-order valence-electron chi connectivity index (χ4n) is 2.86.